The molecule has 128 valence electrons. The normalized spacial score (nSPS) is 13.4. The molecule has 0 atom stereocenters. The second-order valence-corrected chi connectivity index (χ2v) is 6.52. The Bertz CT molecular complexity index is 1100. The number of aliphatic hydroxyl groups is 1. The fourth-order valence-electron chi connectivity index (χ4n) is 2.99. The number of ether oxygens (including phenoxy) is 2. The average molecular weight is 357 g/mol. The van der Waals surface area contributed by atoms with Crippen molar-refractivity contribution in [1.29, 1.82) is 0 Å². The second kappa shape index (κ2) is 5.59. The number of aromatic nitrogens is 3. The molecule has 0 saturated carbocycles. The first-order chi connectivity index (χ1) is 12.0. The third-order valence-corrected chi connectivity index (χ3v) is 5.12. The SMILES string of the molecule is COc1cc2c(=O)nc3n(c2cc1OC)CC(O)=C3c1nc(C)cs1. The number of aryl methyl sites for hydroxylation is 1. The summed E-state index contributed by atoms with van der Waals surface area (Å²) in [4.78, 5) is 21.2. The molecule has 4 rings (SSSR count). The van der Waals surface area contributed by atoms with E-state index in [1.54, 1.807) is 16.7 Å². The zero-order chi connectivity index (χ0) is 17.7. The molecule has 1 aliphatic heterocycles. The van der Waals surface area contributed by atoms with E-state index in [1.807, 2.05) is 12.3 Å². The Balaban J connectivity index is 2.01. The van der Waals surface area contributed by atoms with Crippen molar-refractivity contribution in [2.24, 2.45) is 0 Å². The number of fused-ring (bicyclic) bond motifs is 3. The maximum absolute atomic E-state index is 12.6. The van der Waals surface area contributed by atoms with Crippen molar-refractivity contribution in [3.8, 4) is 11.5 Å². The molecule has 0 aliphatic carbocycles. The average Bonchev–Trinajstić information content (AvgIpc) is 3.16. The minimum absolute atomic E-state index is 0.142. The highest BCUT2D eigenvalue weighted by molar-refractivity contribution is 7.10. The molecule has 0 spiro atoms. The molecule has 3 heterocycles. The van der Waals surface area contributed by atoms with Crippen LogP contribution in [0.3, 0.4) is 0 Å². The molecular formula is C17H15N3O4S. The summed E-state index contributed by atoms with van der Waals surface area (Å²) in [5, 5.41) is 13.4. The van der Waals surface area contributed by atoms with Gasteiger partial charge in [0.1, 0.15) is 10.8 Å². The molecule has 7 nitrogen and oxygen atoms in total. The monoisotopic (exact) mass is 357 g/mol. The number of hydrogen-bond acceptors (Lipinski definition) is 7. The molecular weight excluding hydrogens is 342 g/mol. The van der Waals surface area contributed by atoms with E-state index in [-0.39, 0.29) is 17.9 Å². The minimum atomic E-state index is -0.386. The van der Waals surface area contributed by atoms with Gasteiger partial charge in [0.2, 0.25) is 0 Å². The van der Waals surface area contributed by atoms with Crippen LogP contribution in [0.15, 0.2) is 28.1 Å². The van der Waals surface area contributed by atoms with E-state index in [0.717, 1.165) is 5.69 Å². The Labute approximate surface area is 146 Å². The third-order valence-electron chi connectivity index (χ3n) is 4.14. The van der Waals surface area contributed by atoms with E-state index in [1.165, 1.54) is 25.6 Å². The Kier molecular flexibility index (Phi) is 3.50. The number of aliphatic hydroxyl groups excluding tert-OH is 1. The predicted octanol–water partition coefficient (Wildman–Crippen LogP) is 2.51. The molecule has 0 unspecified atom stereocenters. The zero-order valence-electron chi connectivity index (χ0n) is 13.9. The number of thiazole rings is 1. The Hall–Kier alpha value is -2.87. The van der Waals surface area contributed by atoms with Crippen molar-refractivity contribution >= 4 is 27.8 Å². The van der Waals surface area contributed by atoms with E-state index in [0.29, 0.717) is 38.8 Å². The lowest BCUT2D eigenvalue weighted by molar-refractivity contribution is 0.355. The minimum Gasteiger partial charge on any atom is -0.510 e. The first-order valence-corrected chi connectivity index (χ1v) is 8.43. The van der Waals surface area contributed by atoms with Crippen LogP contribution in [-0.2, 0) is 6.54 Å². The number of hydrogen-bond donors (Lipinski definition) is 1. The topological polar surface area (TPSA) is 86.5 Å². The molecule has 0 amide bonds. The number of benzene rings is 1. The summed E-state index contributed by atoms with van der Waals surface area (Å²) in [5.74, 6) is 1.52. The van der Waals surface area contributed by atoms with Gasteiger partial charge in [-0.15, -0.1) is 11.3 Å². The van der Waals surface area contributed by atoms with Gasteiger partial charge in [-0.05, 0) is 13.0 Å². The number of rotatable bonds is 3. The molecule has 0 radical (unpaired) electrons. The maximum atomic E-state index is 12.6. The summed E-state index contributed by atoms with van der Waals surface area (Å²) in [6.45, 7) is 2.10. The van der Waals surface area contributed by atoms with Crippen molar-refractivity contribution < 1.29 is 14.6 Å². The molecule has 8 heteroatoms. The standard InChI is InChI=1S/C17H15N3O4S/c1-8-7-25-17(18-8)14-11(21)6-20-10-5-13(24-3)12(23-2)4-9(10)16(22)19-15(14)20/h4-5,7,21H,6H2,1-3H3. The van der Waals surface area contributed by atoms with Crippen LogP contribution in [-0.4, -0.2) is 33.9 Å². The van der Waals surface area contributed by atoms with E-state index >= 15 is 0 Å². The predicted molar refractivity (Wildman–Crippen MR) is 94.6 cm³/mol. The largest absolute Gasteiger partial charge is 0.510 e. The van der Waals surface area contributed by atoms with Gasteiger partial charge in [0.25, 0.3) is 5.56 Å². The van der Waals surface area contributed by atoms with Gasteiger partial charge in [-0.3, -0.25) is 4.79 Å². The Morgan fingerprint density at radius 1 is 1.20 bits per heavy atom. The van der Waals surface area contributed by atoms with Gasteiger partial charge in [0.05, 0.1) is 37.2 Å². The van der Waals surface area contributed by atoms with Crippen LogP contribution in [0.1, 0.15) is 16.5 Å². The number of nitrogens with zero attached hydrogens (tertiary/aromatic N) is 3. The van der Waals surface area contributed by atoms with Crippen molar-refractivity contribution in [1.82, 2.24) is 14.5 Å². The van der Waals surface area contributed by atoms with Gasteiger partial charge in [-0.2, -0.15) is 4.98 Å². The fraction of sp³-hybridized carbons (Fsp3) is 0.235. The lowest BCUT2D eigenvalue weighted by atomic mass is 10.2. The summed E-state index contributed by atoms with van der Waals surface area (Å²) in [7, 11) is 3.05. The lowest BCUT2D eigenvalue weighted by Crippen LogP contribution is -2.16. The fourth-order valence-corrected chi connectivity index (χ4v) is 3.85. The molecule has 0 fully saturated rings. The first-order valence-electron chi connectivity index (χ1n) is 7.55. The smallest absolute Gasteiger partial charge is 0.281 e. The zero-order valence-corrected chi connectivity index (χ0v) is 14.7. The summed E-state index contributed by atoms with van der Waals surface area (Å²) >= 11 is 1.41. The summed E-state index contributed by atoms with van der Waals surface area (Å²) in [5.41, 5.74) is 1.60. The van der Waals surface area contributed by atoms with E-state index < -0.39 is 0 Å². The van der Waals surface area contributed by atoms with Crippen LogP contribution in [0.2, 0.25) is 0 Å². The van der Waals surface area contributed by atoms with Gasteiger partial charge >= 0.3 is 0 Å². The van der Waals surface area contributed by atoms with Crippen LogP contribution in [0.25, 0.3) is 16.5 Å². The lowest BCUT2D eigenvalue weighted by Gasteiger charge is -2.13. The van der Waals surface area contributed by atoms with Crippen LogP contribution in [0.4, 0.5) is 0 Å². The third kappa shape index (κ3) is 2.29. The highest BCUT2D eigenvalue weighted by Crippen LogP contribution is 2.37. The van der Waals surface area contributed by atoms with E-state index in [4.69, 9.17) is 9.47 Å². The van der Waals surface area contributed by atoms with Crippen molar-refractivity contribution in [3.05, 3.63) is 50.2 Å². The van der Waals surface area contributed by atoms with Gasteiger partial charge in [-0.1, -0.05) is 0 Å². The molecule has 2 aromatic heterocycles. The molecule has 1 aromatic carbocycles. The summed E-state index contributed by atoms with van der Waals surface area (Å²) < 4.78 is 12.4. The summed E-state index contributed by atoms with van der Waals surface area (Å²) in [6, 6.07) is 3.34. The summed E-state index contributed by atoms with van der Waals surface area (Å²) in [6.07, 6.45) is 0. The molecule has 1 N–H and O–H groups in total. The number of methoxy groups -OCH3 is 2. The molecule has 1 aliphatic rings. The maximum Gasteiger partial charge on any atom is 0.281 e. The molecule has 0 saturated heterocycles. The second-order valence-electron chi connectivity index (χ2n) is 5.67. The van der Waals surface area contributed by atoms with Gasteiger partial charge in [0, 0.05) is 17.1 Å². The van der Waals surface area contributed by atoms with Gasteiger partial charge in [-0.25, -0.2) is 4.98 Å². The van der Waals surface area contributed by atoms with E-state index in [9.17, 15) is 9.90 Å². The Morgan fingerprint density at radius 2 is 1.92 bits per heavy atom. The van der Waals surface area contributed by atoms with Crippen molar-refractivity contribution in [2.75, 3.05) is 14.2 Å². The van der Waals surface area contributed by atoms with Crippen LogP contribution in [0, 0.1) is 6.92 Å². The van der Waals surface area contributed by atoms with Crippen molar-refractivity contribution in [3.63, 3.8) is 0 Å². The Morgan fingerprint density at radius 3 is 2.56 bits per heavy atom. The highest BCUT2D eigenvalue weighted by Gasteiger charge is 2.28. The van der Waals surface area contributed by atoms with Crippen LogP contribution in [0.5, 0.6) is 11.5 Å². The van der Waals surface area contributed by atoms with Crippen molar-refractivity contribution in [2.45, 2.75) is 13.5 Å². The number of allylic oxidation sites excluding steroid dienone is 1. The van der Waals surface area contributed by atoms with Crippen LogP contribution < -0.4 is 15.0 Å². The van der Waals surface area contributed by atoms with Crippen LogP contribution >= 0.6 is 11.3 Å². The molecule has 0 bridgehead atoms. The molecule has 25 heavy (non-hydrogen) atoms. The van der Waals surface area contributed by atoms with Gasteiger partial charge in [0.15, 0.2) is 17.3 Å². The molecule has 3 aromatic rings. The van der Waals surface area contributed by atoms with Gasteiger partial charge < -0.3 is 19.1 Å². The quantitative estimate of drug-likeness (QED) is 0.775. The van der Waals surface area contributed by atoms with E-state index in [2.05, 4.69) is 9.97 Å². The first kappa shape index (κ1) is 15.6. The highest BCUT2D eigenvalue weighted by atomic mass is 32.1.